The second-order valence-corrected chi connectivity index (χ2v) is 2.78. The zero-order valence-corrected chi connectivity index (χ0v) is 6.55. The van der Waals surface area contributed by atoms with Crippen LogP contribution in [0.15, 0.2) is 0 Å². The van der Waals surface area contributed by atoms with E-state index in [-0.39, 0.29) is 0 Å². The van der Waals surface area contributed by atoms with Crippen LogP contribution in [0.2, 0.25) is 0 Å². The Bertz CT molecular complexity index is 91.6. The molecule has 1 aliphatic heterocycles. The molecule has 0 aromatic carbocycles. The van der Waals surface area contributed by atoms with E-state index in [1.807, 2.05) is 0 Å². The molecule has 1 saturated heterocycles. The van der Waals surface area contributed by atoms with Crippen molar-refractivity contribution in [3.05, 3.63) is 0 Å². The smallest absolute Gasteiger partial charge is 0.0992 e. The minimum absolute atomic E-state index is 0.321. The molecule has 0 saturated carbocycles. The van der Waals surface area contributed by atoms with Crippen molar-refractivity contribution in [1.29, 1.82) is 0 Å². The van der Waals surface area contributed by atoms with Gasteiger partial charge in [0.05, 0.1) is 13.3 Å². The van der Waals surface area contributed by atoms with Crippen LogP contribution in [0.5, 0.6) is 0 Å². The normalized spacial score (nSPS) is 23.4. The Morgan fingerprint density at radius 1 is 1.70 bits per heavy atom. The van der Waals surface area contributed by atoms with Crippen LogP contribution in [0, 0.1) is 0 Å². The fraction of sp³-hybridized carbons (Fsp3) is 1.00. The lowest BCUT2D eigenvalue weighted by atomic mass is 10.2. The summed E-state index contributed by atoms with van der Waals surface area (Å²) >= 11 is 0. The molecule has 0 aliphatic carbocycles. The van der Waals surface area contributed by atoms with Gasteiger partial charge in [0.15, 0.2) is 0 Å². The van der Waals surface area contributed by atoms with Crippen LogP contribution in [0.4, 0.5) is 0 Å². The molecule has 1 aliphatic rings. The van der Waals surface area contributed by atoms with Crippen LogP contribution in [-0.2, 0) is 4.74 Å². The number of hydrogen-bond acceptors (Lipinski definition) is 3. The van der Waals surface area contributed by atoms with E-state index < -0.39 is 0 Å². The van der Waals surface area contributed by atoms with Gasteiger partial charge in [0.25, 0.3) is 0 Å². The van der Waals surface area contributed by atoms with E-state index in [4.69, 9.17) is 10.5 Å². The summed E-state index contributed by atoms with van der Waals surface area (Å²) in [5.74, 6) is 0. The lowest BCUT2D eigenvalue weighted by Crippen LogP contribution is -2.35. The Morgan fingerprint density at radius 3 is 3.00 bits per heavy atom. The van der Waals surface area contributed by atoms with Crippen LogP contribution >= 0.6 is 0 Å². The monoisotopic (exact) mass is 144 g/mol. The maximum absolute atomic E-state index is 5.76. The summed E-state index contributed by atoms with van der Waals surface area (Å²) in [5.41, 5.74) is 5.76. The van der Waals surface area contributed by atoms with Crippen LogP contribution in [0.25, 0.3) is 0 Å². The highest BCUT2D eigenvalue weighted by Crippen LogP contribution is 2.00. The fourth-order valence-corrected chi connectivity index (χ4v) is 1.06. The molecule has 3 heteroatoms. The first-order valence-electron chi connectivity index (χ1n) is 3.88. The Morgan fingerprint density at radius 2 is 2.50 bits per heavy atom. The first kappa shape index (κ1) is 7.98. The van der Waals surface area contributed by atoms with Gasteiger partial charge in [-0.1, -0.05) is 6.92 Å². The second kappa shape index (κ2) is 3.91. The van der Waals surface area contributed by atoms with Crippen LogP contribution < -0.4 is 5.73 Å². The van der Waals surface area contributed by atoms with Gasteiger partial charge in [0.2, 0.25) is 0 Å². The van der Waals surface area contributed by atoms with Gasteiger partial charge >= 0.3 is 0 Å². The molecule has 3 nitrogen and oxygen atoms in total. The predicted octanol–water partition coefficient (Wildman–Crippen LogP) is 0.0134. The van der Waals surface area contributed by atoms with Crippen molar-refractivity contribution < 1.29 is 4.74 Å². The van der Waals surface area contributed by atoms with Crippen molar-refractivity contribution in [3.8, 4) is 0 Å². The van der Waals surface area contributed by atoms with Crippen molar-refractivity contribution in [2.45, 2.75) is 19.4 Å². The molecule has 10 heavy (non-hydrogen) atoms. The van der Waals surface area contributed by atoms with Gasteiger partial charge in [0, 0.05) is 19.1 Å². The lowest BCUT2D eigenvalue weighted by Gasteiger charge is -2.16. The Kier molecular flexibility index (Phi) is 3.12. The van der Waals surface area contributed by atoms with Gasteiger partial charge in [-0.15, -0.1) is 0 Å². The third-order valence-corrected chi connectivity index (χ3v) is 1.84. The molecule has 2 N–H and O–H groups in total. The lowest BCUT2D eigenvalue weighted by molar-refractivity contribution is 0.137. The first-order chi connectivity index (χ1) is 4.83. The summed E-state index contributed by atoms with van der Waals surface area (Å²) < 4.78 is 5.17. The van der Waals surface area contributed by atoms with E-state index in [2.05, 4.69) is 11.8 Å². The quantitative estimate of drug-likeness (QED) is 0.606. The van der Waals surface area contributed by atoms with Crippen molar-refractivity contribution in [2.75, 3.05) is 26.4 Å². The van der Waals surface area contributed by atoms with E-state index >= 15 is 0 Å². The van der Waals surface area contributed by atoms with E-state index in [9.17, 15) is 0 Å². The average molecular weight is 144 g/mol. The third kappa shape index (κ3) is 2.25. The van der Waals surface area contributed by atoms with Crippen molar-refractivity contribution in [1.82, 2.24) is 4.90 Å². The van der Waals surface area contributed by atoms with E-state index in [0.29, 0.717) is 6.04 Å². The van der Waals surface area contributed by atoms with Gasteiger partial charge in [-0.25, -0.2) is 0 Å². The minimum Gasteiger partial charge on any atom is -0.365 e. The van der Waals surface area contributed by atoms with E-state index in [1.165, 1.54) is 0 Å². The molecule has 1 rings (SSSR count). The molecule has 0 amide bonds. The van der Waals surface area contributed by atoms with Gasteiger partial charge in [0.1, 0.15) is 0 Å². The summed E-state index contributed by atoms with van der Waals surface area (Å²) in [6, 6.07) is 0.321. The van der Waals surface area contributed by atoms with Gasteiger partial charge in [-0.05, 0) is 6.42 Å². The molecule has 1 atom stereocenters. The van der Waals surface area contributed by atoms with Gasteiger partial charge in [-0.2, -0.15) is 0 Å². The Labute approximate surface area is 62.1 Å². The highest BCUT2D eigenvalue weighted by Gasteiger charge is 2.13. The maximum Gasteiger partial charge on any atom is 0.0992 e. The highest BCUT2D eigenvalue weighted by atomic mass is 16.5. The molecular weight excluding hydrogens is 128 g/mol. The summed E-state index contributed by atoms with van der Waals surface area (Å²) in [5, 5.41) is 0. The average Bonchev–Trinajstić information content (AvgIpc) is 2.40. The molecule has 1 heterocycles. The summed E-state index contributed by atoms with van der Waals surface area (Å²) in [7, 11) is 0. The molecule has 0 aromatic rings. The summed E-state index contributed by atoms with van der Waals surface area (Å²) in [6.45, 7) is 5.79. The minimum atomic E-state index is 0.321. The van der Waals surface area contributed by atoms with Crippen molar-refractivity contribution in [3.63, 3.8) is 0 Å². The number of nitrogens with zero attached hydrogens (tertiary/aromatic N) is 1. The third-order valence-electron chi connectivity index (χ3n) is 1.84. The molecule has 0 radical (unpaired) electrons. The first-order valence-corrected chi connectivity index (χ1v) is 3.88. The standard InChI is InChI=1S/C7H16N2O/c1-2-7(8)5-9-3-4-10-6-9/h7H,2-6,8H2,1H3. The fourth-order valence-electron chi connectivity index (χ4n) is 1.06. The number of ether oxygens (including phenoxy) is 1. The molecule has 0 aromatic heterocycles. The Hall–Kier alpha value is -0.120. The van der Waals surface area contributed by atoms with Crippen LogP contribution in [0.1, 0.15) is 13.3 Å². The zero-order chi connectivity index (χ0) is 7.40. The predicted molar refractivity (Wildman–Crippen MR) is 40.7 cm³/mol. The zero-order valence-electron chi connectivity index (χ0n) is 6.55. The molecule has 60 valence electrons. The SMILES string of the molecule is CCC(N)CN1CCOC1. The van der Waals surface area contributed by atoms with Crippen molar-refractivity contribution >= 4 is 0 Å². The topological polar surface area (TPSA) is 38.5 Å². The maximum atomic E-state index is 5.76. The molecular formula is C7H16N2O. The van der Waals surface area contributed by atoms with Crippen molar-refractivity contribution in [2.24, 2.45) is 5.73 Å². The number of rotatable bonds is 3. The number of hydrogen-bond donors (Lipinski definition) is 1. The second-order valence-electron chi connectivity index (χ2n) is 2.78. The molecule has 1 fully saturated rings. The van der Waals surface area contributed by atoms with E-state index in [1.54, 1.807) is 0 Å². The summed E-state index contributed by atoms with van der Waals surface area (Å²) in [4.78, 5) is 2.24. The van der Waals surface area contributed by atoms with Crippen LogP contribution in [-0.4, -0.2) is 37.4 Å². The highest BCUT2D eigenvalue weighted by molar-refractivity contribution is 4.66. The van der Waals surface area contributed by atoms with Gasteiger partial charge in [-0.3, -0.25) is 4.90 Å². The summed E-state index contributed by atoms with van der Waals surface area (Å²) in [6.07, 6.45) is 1.05. The molecule has 0 bridgehead atoms. The van der Waals surface area contributed by atoms with Crippen LogP contribution in [0.3, 0.4) is 0 Å². The largest absolute Gasteiger partial charge is 0.365 e. The van der Waals surface area contributed by atoms with E-state index in [0.717, 1.165) is 32.8 Å². The number of nitrogens with two attached hydrogens (primary N) is 1. The molecule has 0 spiro atoms. The van der Waals surface area contributed by atoms with Gasteiger partial charge < -0.3 is 10.5 Å². The Balaban J connectivity index is 2.11. The molecule has 1 unspecified atom stereocenters.